The molecule has 1 atom stereocenters. The summed E-state index contributed by atoms with van der Waals surface area (Å²) in [6.45, 7) is 8.72. The molecule has 0 heterocycles. The Morgan fingerprint density at radius 3 is 2.20 bits per heavy atom. The van der Waals surface area contributed by atoms with Gasteiger partial charge in [-0.1, -0.05) is 52.0 Å². The lowest BCUT2D eigenvalue weighted by atomic mass is 9.87. The van der Waals surface area contributed by atoms with Gasteiger partial charge >= 0.3 is 0 Å². The highest BCUT2D eigenvalue weighted by Gasteiger charge is 2.19. The van der Waals surface area contributed by atoms with Crippen LogP contribution in [0.5, 0.6) is 5.75 Å². The fraction of sp³-hybridized carbons (Fsp3) is 0.381. The van der Waals surface area contributed by atoms with Crippen LogP contribution in [0.2, 0.25) is 0 Å². The molecule has 3 nitrogen and oxygen atoms in total. The summed E-state index contributed by atoms with van der Waals surface area (Å²) in [5.41, 5.74) is 2.14. The molecule has 25 heavy (non-hydrogen) atoms. The Morgan fingerprint density at radius 2 is 1.68 bits per heavy atom. The zero-order valence-electron chi connectivity index (χ0n) is 15.3. The quantitative estimate of drug-likeness (QED) is 0.832. The molecular formula is C21H26FNO2. The van der Waals surface area contributed by atoms with Gasteiger partial charge in [0.1, 0.15) is 11.6 Å². The maximum atomic E-state index is 12.9. The Morgan fingerprint density at radius 1 is 1.08 bits per heavy atom. The van der Waals surface area contributed by atoms with Gasteiger partial charge in [0, 0.05) is 6.54 Å². The molecule has 0 fully saturated rings. The molecule has 134 valence electrons. The molecule has 0 saturated carbocycles. The number of hydrogen-bond donors (Lipinski definition) is 1. The Kier molecular flexibility index (Phi) is 6.18. The van der Waals surface area contributed by atoms with E-state index in [1.54, 1.807) is 12.1 Å². The fourth-order valence-electron chi connectivity index (χ4n) is 2.43. The van der Waals surface area contributed by atoms with E-state index in [1.165, 1.54) is 17.7 Å². The summed E-state index contributed by atoms with van der Waals surface area (Å²) < 4.78 is 18.7. The van der Waals surface area contributed by atoms with Crippen LogP contribution in [0, 0.1) is 5.82 Å². The summed E-state index contributed by atoms with van der Waals surface area (Å²) in [5.74, 6) is 0.215. The van der Waals surface area contributed by atoms with E-state index in [2.05, 4.69) is 26.1 Å². The Hall–Kier alpha value is -2.36. The number of rotatable bonds is 6. The summed E-state index contributed by atoms with van der Waals surface area (Å²) in [5, 5.41) is 2.84. The van der Waals surface area contributed by atoms with E-state index in [9.17, 15) is 9.18 Å². The van der Waals surface area contributed by atoms with Gasteiger partial charge in [0.15, 0.2) is 6.10 Å². The molecule has 0 aliphatic heterocycles. The molecule has 0 aliphatic carbocycles. The molecule has 0 saturated heterocycles. The van der Waals surface area contributed by atoms with Crippen molar-refractivity contribution < 1.29 is 13.9 Å². The van der Waals surface area contributed by atoms with Crippen molar-refractivity contribution in [3.8, 4) is 5.75 Å². The number of hydrogen-bond acceptors (Lipinski definition) is 2. The second kappa shape index (κ2) is 8.15. The maximum absolute atomic E-state index is 12.9. The van der Waals surface area contributed by atoms with Gasteiger partial charge in [-0.25, -0.2) is 4.39 Å². The third kappa shape index (κ3) is 5.59. The lowest BCUT2D eigenvalue weighted by Crippen LogP contribution is -2.37. The zero-order chi connectivity index (χ0) is 18.4. The van der Waals surface area contributed by atoms with E-state index in [0.29, 0.717) is 18.7 Å². The molecule has 1 amide bonds. The highest BCUT2D eigenvalue weighted by Crippen LogP contribution is 2.24. The predicted molar refractivity (Wildman–Crippen MR) is 98.1 cm³/mol. The molecule has 2 aromatic rings. The van der Waals surface area contributed by atoms with Gasteiger partial charge < -0.3 is 10.1 Å². The molecule has 1 N–H and O–H groups in total. The molecule has 0 aromatic heterocycles. The van der Waals surface area contributed by atoms with E-state index < -0.39 is 6.10 Å². The van der Waals surface area contributed by atoms with Crippen LogP contribution >= 0.6 is 0 Å². The summed E-state index contributed by atoms with van der Waals surface area (Å²) >= 11 is 0. The molecule has 2 aromatic carbocycles. The summed E-state index contributed by atoms with van der Waals surface area (Å²) in [4.78, 5) is 12.3. The molecule has 0 unspecified atom stereocenters. The van der Waals surface area contributed by atoms with Crippen molar-refractivity contribution in [2.24, 2.45) is 0 Å². The predicted octanol–water partition coefficient (Wildman–Crippen LogP) is 4.60. The summed E-state index contributed by atoms with van der Waals surface area (Å²) in [6.07, 6.45) is 0.0111. The second-order valence-corrected chi connectivity index (χ2v) is 7.13. The molecule has 0 bridgehead atoms. The van der Waals surface area contributed by atoms with Gasteiger partial charge in [0.05, 0.1) is 0 Å². The zero-order valence-corrected chi connectivity index (χ0v) is 15.3. The SMILES string of the molecule is CC[C@H](Oc1ccc(C(C)(C)C)cc1)C(=O)NCc1ccc(F)cc1. The van der Waals surface area contributed by atoms with Crippen molar-refractivity contribution in [2.45, 2.75) is 52.2 Å². The lowest BCUT2D eigenvalue weighted by Gasteiger charge is -2.21. The minimum atomic E-state index is -0.555. The first-order valence-electron chi connectivity index (χ1n) is 8.59. The van der Waals surface area contributed by atoms with Crippen LogP contribution in [0.3, 0.4) is 0 Å². The average Bonchev–Trinajstić information content (AvgIpc) is 2.58. The van der Waals surface area contributed by atoms with E-state index in [1.807, 2.05) is 31.2 Å². The van der Waals surface area contributed by atoms with E-state index >= 15 is 0 Å². The highest BCUT2D eigenvalue weighted by atomic mass is 19.1. The van der Waals surface area contributed by atoms with Crippen LogP contribution in [0.15, 0.2) is 48.5 Å². The van der Waals surface area contributed by atoms with Crippen molar-refractivity contribution >= 4 is 5.91 Å². The second-order valence-electron chi connectivity index (χ2n) is 7.13. The third-order valence-electron chi connectivity index (χ3n) is 4.04. The molecular weight excluding hydrogens is 317 g/mol. The average molecular weight is 343 g/mol. The minimum Gasteiger partial charge on any atom is -0.481 e. The topological polar surface area (TPSA) is 38.3 Å². The number of nitrogens with one attached hydrogen (secondary N) is 1. The number of ether oxygens (including phenoxy) is 1. The van der Waals surface area contributed by atoms with Crippen LogP contribution in [-0.2, 0) is 16.8 Å². The third-order valence-corrected chi connectivity index (χ3v) is 4.04. The number of carbonyl (C=O) groups excluding carboxylic acids is 1. The largest absolute Gasteiger partial charge is 0.481 e. The van der Waals surface area contributed by atoms with Crippen molar-refractivity contribution in [1.82, 2.24) is 5.32 Å². The standard InChI is InChI=1S/C21H26FNO2/c1-5-19(20(24)23-14-15-6-10-17(22)11-7-15)25-18-12-8-16(9-13-18)21(2,3)4/h6-13,19H,5,14H2,1-4H3,(H,23,24)/t19-/m0/s1. The van der Waals surface area contributed by atoms with E-state index in [0.717, 1.165) is 5.56 Å². The van der Waals surface area contributed by atoms with Gasteiger partial charge in [-0.15, -0.1) is 0 Å². The van der Waals surface area contributed by atoms with Crippen LogP contribution in [-0.4, -0.2) is 12.0 Å². The molecule has 4 heteroatoms. The number of halogens is 1. The van der Waals surface area contributed by atoms with Gasteiger partial charge in [0.25, 0.3) is 5.91 Å². The number of benzene rings is 2. The van der Waals surface area contributed by atoms with Gasteiger partial charge in [-0.2, -0.15) is 0 Å². The fourth-order valence-corrected chi connectivity index (χ4v) is 2.43. The van der Waals surface area contributed by atoms with Gasteiger partial charge in [-0.3, -0.25) is 4.79 Å². The van der Waals surface area contributed by atoms with E-state index in [4.69, 9.17) is 4.74 Å². The lowest BCUT2D eigenvalue weighted by molar-refractivity contribution is -0.128. The van der Waals surface area contributed by atoms with Crippen molar-refractivity contribution in [3.05, 3.63) is 65.5 Å². The Balaban J connectivity index is 1.94. The van der Waals surface area contributed by atoms with Crippen molar-refractivity contribution in [3.63, 3.8) is 0 Å². The van der Waals surface area contributed by atoms with Gasteiger partial charge in [-0.05, 0) is 47.2 Å². The van der Waals surface area contributed by atoms with Crippen LogP contribution in [0.4, 0.5) is 4.39 Å². The summed E-state index contributed by atoms with van der Waals surface area (Å²) in [6, 6.07) is 13.9. The highest BCUT2D eigenvalue weighted by molar-refractivity contribution is 5.81. The maximum Gasteiger partial charge on any atom is 0.261 e. The monoisotopic (exact) mass is 343 g/mol. The number of amides is 1. The Bertz CT molecular complexity index is 687. The first-order chi connectivity index (χ1) is 11.8. The molecule has 0 aliphatic rings. The van der Waals surface area contributed by atoms with Crippen molar-refractivity contribution in [2.75, 3.05) is 0 Å². The molecule has 2 rings (SSSR count). The minimum absolute atomic E-state index is 0.0786. The summed E-state index contributed by atoms with van der Waals surface area (Å²) in [7, 11) is 0. The number of carbonyl (C=O) groups is 1. The normalized spacial score (nSPS) is 12.5. The van der Waals surface area contributed by atoms with Crippen molar-refractivity contribution in [1.29, 1.82) is 0 Å². The Labute approximate surface area is 149 Å². The smallest absolute Gasteiger partial charge is 0.261 e. The first-order valence-corrected chi connectivity index (χ1v) is 8.59. The van der Waals surface area contributed by atoms with Gasteiger partial charge in [0.2, 0.25) is 0 Å². The van der Waals surface area contributed by atoms with E-state index in [-0.39, 0.29) is 17.1 Å². The van der Waals surface area contributed by atoms with Crippen LogP contribution < -0.4 is 10.1 Å². The first kappa shape index (κ1) is 19.0. The van der Waals surface area contributed by atoms with Crippen LogP contribution in [0.25, 0.3) is 0 Å². The molecule has 0 spiro atoms. The molecule has 0 radical (unpaired) electrons. The van der Waals surface area contributed by atoms with Crippen LogP contribution in [0.1, 0.15) is 45.2 Å².